The minimum absolute atomic E-state index is 0.00624. The topological polar surface area (TPSA) is 38.5 Å². The van der Waals surface area contributed by atoms with E-state index in [4.69, 9.17) is 10.5 Å². The van der Waals surface area contributed by atoms with Crippen molar-refractivity contribution >= 4 is 10.8 Å². The van der Waals surface area contributed by atoms with Gasteiger partial charge in [0.15, 0.2) is 0 Å². The Labute approximate surface area is 125 Å². The van der Waals surface area contributed by atoms with Crippen molar-refractivity contribution in [2.75, 3.05) is 26.2 Å². The summed E-state index contributed by atoms with van der Waals surface area (Å²) in [5.41, 5.74) is 7.06. The van der Waals surface area contributed by atoms with Crippen LogP contribution >= 0.6 is 0 Å². The molecule has 2 heterocycles. The van der Waals surface area contributed by atoms with E-state index in [1.54, 1.807) is 0 Å². The van der Waals surface area contributed by atoms with Crippen molar-refractivity contribution < 1.29 is 4.74 Å². The zero-order chi connectivity index (χ0) is 14.3. The molecule has 1 spiro atoms. The minimum Gasteiger partial charge on any atom is -0.485 e. The molecule has 0 aromatic heterocycles. The average Bonchev–Trinajstić information content (AvgIpc) is 2.90. The lowest BCUT2D eigenvalue weighted by Crippen LogP contribution is -2.43. The molecule has 0 saturated carbocycles. The Kier molecular flexibility index (Phi) is 3.12. The predicted molar refractivity (Wildman–Crippen MR) is 85.7 cm³/mol. The van der Waals surface area contributed by atoms with Gasteiger partial charge >= 0.3 is 0 Å². The Bertz CT molecular complexity index is 669. The SMILES string of the molecule is NCCN1CCC2(CCc3ccc4ccccc4c3O2)C1. The van der Waals surface area contributed by atoms with Gasteiger partial charge in [0, 0.05) is 38.0 Å². The number of nitrogens with zero attached hydrogens (tertiary/aromatic N) is 1. The summed E-state index contributed by atoms with van der Waals surface area (Å²) in [6.07, 6.45) is 3.37. The maximum atomic E-state index is 6.59. The van der Waals surface area contributed by atoms with E-state index in [9.17, 15) is 0 Å². The van der Waals surface area contributed by atoms with Crippen LogP contribution < -0.4 is 10.5 Å². The van der Waals surface area contributed by atoms with Crippen molar-refractivity contribution in [2.45, 2.75) is 24.9 Å². The number of fused-ring (bicyclic) bond motifs is 3. The van der Waals surface area contributed by atoms with Gasteiger partial charge in [0.05, 0.1) is 0 Å². The first-order chi connectivity index (χ1) is 10.3. The maximum Gasteiger partial charge on any atom is 0.131 e. The highest BCUT2D eigenvalue weighted by atomic mass is 16.5. The molecule has 1 saturated heterocycles. The van der Waals surface area contributed by atoms with Gasteiger partial charge in [-0.1, -0.05) is 36.4 Å². The molecule has 1 fully saturated rings. The fraction of sp³-hybridized carbons (Fsp3) is 0.444. The largest absolute Gasteiger partial charge is 0.485 e. The Morgan fingerprint density at radius 2 is 2.05 bits per heavy atom. The van der Waals surface area contributed by atoms with E-state index >= 15 is 0 Å². The number of likely N-dealkylation sites (tertiary alicyclic amines) is 1. The number of hydrogen-bond acceptors (Lipinski definition) is 3. The van der Waals surface area contributed by atoms with Gasteiger partial charge in [-0.25, -0.2) is 0 Å². The molecule has 0 radical (unpaired) electrons. The molecule has 0 aliphatic carbocycles. The highest BCUT2D eigenvalue weighted by Gasteiger charge is 2.42. The summed E-state index contributed by atoms with van der Waals surface area (Å²) in [5.74, 6) is 1.12. The van der Waals surface area contributed by atoms with Gasteiger partial charge in [-0.15, -0.1) is 0 Å². The summed E-state index contributed by atoms with van der Waals surface area (Å²) >= 11 is 0. The molecule has 2 aliphatic heterocycles. The zero-order valence-corrected chi connectivity index (χ0v) is 12.3. The lowest BCUT2D eigenvalue weighted by Gasteiger charge is -2.36. The molecule has 2 aromatic carbocycles. The lowest BCUT2D eigenvalue weighted by molar-refractivity contribution is 0.0568. The van der Waals surface area contributed by atoms with E-state index < -0.39 is 0 Å². The smallest absolute Gasteiger partial charge is 0.131 e. The molecule has 4 rings (SSSR count). The van der Waals surface area contributed by atoms with Gasteiger partial charge in [-0.3, -0.25) is 4.90 Å². The number of benzene rings is 2. The summed E-state index contributed by atoms with van der Waals surface area (Å²) in [6.45, 7) is 3.84. The van der Waals surface area contributed by atoms with Crippen molar-refractivity contribution in [2.24, 2.45) is 5.73 Å². The Morgan fingerprint density at radius 3 is 2.95 bits per heavy atom. The number of ether oxygens (including phenoxy) is 1. The average molecular weight is 282 g/mol. The van der Waals surface area contributed by atoms with Crippen LogP contribution in [0.2, 0.25) is 0 Å². The second kappa shape index (κ2) is 5.00. The Balaban J connectivity index is 1.69. The maximum absolute atomic E-state index is 6.59. The molecule has 0 bridgehead atoms. The van der Waals surface area contributed by atoms with Crippen molar-refractivity contribution in [3.8, 4) is 5.75 Å². The van der Waals surface area contributed by atoms with Gasteiger partial charge in [-0.2, -0.15) is 0 Å². The Hall–Kier alpha value is -1.58. The Morgan fingerprint density at radius 1 is 1.14 bits per heavy atom. The van der Waals surface area contributed by atoms with Crippen LogP contribution in [0.3, 0.4) is 0 Å². The monoisotopic (exact) mass is 282 g/mol. The molecule has 3 heteroatoms. The second-order valence-corrected chi connectivity index (χ2v) is 6.37. The summed E-state index contributed by atoms with van der Waals surface area (Å²) in [4.78, 5) is 2.44. The zero-order valence-electron chi connectivity index (χ0n) is 12.3. The first-order valence-electron chi connectivity index (χ1n) is 7.92. The number of aryl methyl sites for hydroxylation is 1. The molecule has 110 valence electrons. The summed E-state index contributed by atoms with van der Waals surface area (Å²) < 4.78 is 6.59. The third-order valence-electron chi connectivity index (χ3n) is 4.97. The van der Waals surface area contributed by atoms with Crippen LogP contribution in [0, 0.1) is 0 Å². The van der Waals surface area contributed by atoms with Gasteiger partial charge in [0.1, 0.15) is 11.4 Å². The molecular weight excluding hydrogens is 260 g/mol. The number of nitrogens with two attached hydrogens (primary N) is 1. The van der Waals surface area contributed by atoms with Crippen molar-refractivity contribution in [3.63, 3.8) is 0 Å². The third-order valence-corrected chi connectivity index (χ3v) is 4.97. The van der Waals surface area contributed by atoms with E-state index in [-0.39, 0.29) is 5.60 Å². The molecule has 3 nitrogen and oxygen atoms in total. The highest BCUT2D eigenvalue weighted by molar-refractivity contribution is 5.89. The van der Waals surface area contributed by atoms with Crippen LogP contribution in [-0.4, -0.2) is 36.7 Å². The second-order valence-electron chi connectivity index (χ2n) is 6.37. The first kappa shape index (κ1) is 13.1. The molecular formula is C18H22N2O. The van der Waals surface area contributed by atoms with Gasteiger partial charge < -0.3 is 10.5 Å². The van der Waals surface area contributed by atoms with E-state index in [0.29, 0.717) is 0 Å². The van der Waals surface area contributed by atoms with Crippen molar-refractivity contribution in [3.05, 3.63) is 42.0 Å². The third kappa shape index (κ3) is 2.21. The van der Waals surface area contributed by atoms with Gasteiger partial charge in [-0.05, 0) is 23.8 Å². The van der Waals surface area contributed by atoms with Crippen molar-refractivity contribution in [1.82, 2.24) is 4.90 Å². The fourth-order valence-corrected chi connectivity index (χ4v) is 3.82. The summed E-state index contributed by atoms with van der Waals surface area (Å²) in [7, 11) is 0. The predicted octanol–water partition coefficient (Wildman–Crippen LogP) is 2.57. The van der Waals surface area contributed by atoms with Crippen LogP contribution in [-0.2, 0) is 6.42 Å². The summed E-state index contributed by atoms with van der Waals surface area (Å²) in [5, 5.41) is 2.52. The molecule has 0 amide bonds. The molecule has 2 aromatic rings. The molecule has 2 aliphatic rings. The molecule has 1 atom stereocenters. The highest BCUT2D eigenvalue weighted by Crippen LogP contribution is 2.42. The van der Waals surface area contributed by atoms with Crippen molar-refractivity contribution in [1.29, 1.82) is 0 Å². The summed E-state index contributed by atoms with van der Waals surface area (Å²) in [6, 6.07) is 13.0. The van der Waals surface area contributed by atoms with Gasteiger partial charge in [0.2, 0.25) is 0 Å². The van der Waals surface area contributed by atoms with E-state index in [1.165, 1.54) is 16.3 Å². The molecule has 1 unspecified atom stereocenters. The van der Waals surface area contributed by atoms with Crippen LogP contribution in [0.1, 0.15) is 18.4 Å². The minimum atomic E-state index is 0.00624. The fourth-order valence-electron chi connectivity index (χ4n) is 3.82. The quantitative estimate of drug-likeness (QED) is 0.920. The molecule has 21 heavy (non-hydrogen) atoms. The number of hydrogen-bond donors (Lipinski definition) is 1. The lowest BCUT2D eigenvalue weighted by atomic mass is 9.89. The van der Waals surface area contributed by atoms with Gasteiger partial charge in [0.25, 0.3) is 0 Å². The van der Waals surface area contributed by atoms with Crippen LogP contribution in [0.4, 0.5) is 0 Å². The molecule has 2 N–H and O–H groups in total. The van der Waals surface area contributed by atoms with Crippen LogP contribution in [0.25, 0.3) is 10.8 Å². The normalized spacial score (nSPS) is 25.2. The van der Waals surface area contributed by atoms with E-state index in [2.05, 4.69) is 41.3 Å². The first-order valence-corrected chi connectivity index (χ1v) is 7.92. The van der Waals surface area contributed by atoms with Crippen LogP contribution in [0.15, 0.2) is 36.4 Å². The van der Waals surface area contributed by atoms with E-state index in [0.717, 1.165) is 51.2 Å². The standard InChI is InChI=1S/C18H22N2O/c19-10-12-20-11-9-18(13-20)8-7-15-6-5-14-3-1-2-4-16(14)17(15)21-18/h1-6H,7-13,19H2. The number of rotatable bonds is 2. The van der Waals surface area contributed by atoms with Crippen LogP contribution in [0.5, 0.6) is 5.75 Å². The van der Waals surface area contributed by atoms with E-state index in [1.807, 2.05) is 0 Å².